The monoisotopic (exact) mass is 489 g/mol. The SMILES string of the molecule is O=C1/C(=C\c2cn(Cc3ccc([N+](=O)[O-])cc3)c3ccccc23)SC(=S)N1c1ccccc1F. The lowest BCUT2D eigenvalue weighted by Gasteiger charge is -2.14. The van der Waals surface area contributed by atoms with Gasteiger partial charge < -0.3 is 4.57 Å². The number of hydrogen-bond acceptors (Lipinski definition) is 5. The molecule has 9 heteroatoms. The predicted octanol–water partition coefficient (Wildman–Crippen LogP) is 6.14. The van der Waals surface area contributed by atoms with Crippen LogP contribution in [-0.4, -0.2) is 19.7 Å². The molecule has 1 saturated heterocycles. The van der Waals surface area contributed by atoms with Crippen molar-refractivity contribution in [3.63, 3.8) is 0 Å². The highest BCUT2D eigenvalue weighted by Gasteiger charge is 2.34. The lowest BCUT2D eigenvalue weighted by atomic mass is 10.1. The molecule has 1 aliphatic rings. The first-order valence-electron chi connectivity index (χ1n) is 10.3. The minimum atomic E-state index is -0.514. The van der Waals surface area contributed by atoms with Crippen molar-refractivity contribution in [2.45, 2.75) is 6.54 Å². The third-order valence-corrected chi connectivity index (χ3v) is 6.80. The van der Waals surface area contributed by atoms with E-state index >= 15 is 0 Å². The van der Waals surface area contributed by atoms with E-state index in [9.17, 15) is 19.3 Å². The first-order chi connectivity index (χ1) is 16.4. The van der Waals surface area contributed by atoms with Crippen LogP contribution in [0.25, 0.3) is 17.0 Å². The van der Waals surface area contributed by atoms with Crippen LogP contribution in [0.5, 0.6) is 0 Å². The van der Waals surface area contributed by atoms with E-state index in [1.165, 1.54) is 29.2 Å². The number of halogens is 1. The summed E-state index contributed by atoms with van der Waals surface area (Å²) in [6.45, 7) is 0.503. The van der Waals surface area contributed by atoms with Crippen molar-refractivity contribution < 1.29 is 14.1 Å². The smallest absolute Gasteiger partial charge is 0.270 e. The van der Waals surface area contributed by atoms with Crippen LogP contribution >= 0.6 is 24.0 Å². The van der Waals surface area contributed by atoms with Crippen LogP contribution in [0.1, 0.15) is 11.1 Å². The molecule has 4 aromatic rings. The van der Waals surface area contributed by atoms with E-state index in [0.29, 0.717) is 11.4 Å². The number of fused-ring (bicyclic) bond motifs is 1. The molecular formula is C25H16FN3O3S2. The van der Waals surface area contributed by atoms with Gasteiger partial charge in [-0.05, 0) is 29.8 Å². The van der Waals surface area contributed by atoms with Gasteiger partial charge in [0.05, 0.1) is 15.5 Å². The summed E-state index contributed by atoms with van der Waals surface area (Å²) in [7, 11) is 0. The number of hydrogen-bond donors (Lipinski definition) is 0. The molecule has 0 unspecified atom stereocenters. The summed E-state index contributed by atoms with van der Waals surface area (Å²) < 4.78 is 16.6. The number of nitro benzene ring substituents is 1. The third kappa shape index (κ3) is 4.00. The average Bonchev–Trinajstić information content (AvgIpc) is 3.31. The molecule has 34 heavy (non-hydrogen) atoms. The second-order valence-corrected chi connectivity index (χ2v) is 9.30. The Hall–Kier alpha value is -3.82. The number of nitrogens with zero attached hydrogens (tertiary/aromatic N) is 3. The number of carbonyl (C=O) groups excluding carboxylic acids is 1. The van der Waals surface area contributed by atoms with Gasteiger partial charge in [-0.2, -0.15) is 0 Å². The second-order valence-electron chi connectivity index (χ2n) is 7.62. The fourth-order valence-electron chi connectivity index (χ4n) is 3.89. The first-order valence-corrected chi connectivity index (χ1v) is 11.5. The van der Waals surface area contributed by atoms with E-state index in [0.717, 1.165) is 33.8 Å². The Morgan fingerprint density at radius 1 is 1.03 bits per heavy atom. The van der Waals surface area contributed by atoms with Gasteiger partial charge in [-0.3, -0.25) is 19.8 Å². The number of thioether (sulfide) groups is 1. The molecule has 1 amide bonds. The normalized spacial score (nSPS) is 15.0. The van der Waals surface area contributed by atoms with Crippen LogP contribution < -0.4 is 4.90 Å². The molecular weight excluding hydrogens is 473 g/mol. The fourth-order valence-corrected chi connectivity index (χ4v) is 5.17. The highest BCUT2D eigenvalue weighted by Crippen LogP contribution is 2.38. The summed E-state index contributed by atoms with van der Waals surface area (Å²) in [6.07, 6.45) is 3.70. The zero-order chi connectivity index (χ0) is 23.8. The van der Waals surface area contributed by atoms with Crippen LogP contribution in [0.4, 0.5) is 15.8 Å². The summed E-state index contributed by atoms with van der Waals surface area (Å²) in [4.78, 5) is 25.2. The number of thiocarbonyl (C=S) groups is 1. The van der Waals surface area contributed by atoms with Crippen molar-refractivity contribution in [2.24, 2.45) is 0 Å². The number of carbonyl (C=O) groups is 1. The maximum atomic E-state index is 14.3. The minimum absolute atomic E-state index is 0.0404. The Morgan fingerprint density at radius 2 is 1.74 bits per heavy atom. The second kappa shape index (κ2) is 8.85. The van der Waals surface area contributed by atoms with E-state index in [4.69, 9.17) is 12.2 Å². The van der Waals surface area contributed by atoms with Crippen LogP contribution in [0.15, 0.2) is 83.9 Å². The molecule has 1 aliphatic heterocycles. The number of amides is 1. The van der Waals surface area contributed by atoms with Gasteiger partial charge >= 0.3 is 0 Å². The van der Waals surface area contributed by atoms with E-state index in [-0.39, 0.29) is 21.6 Å². The Morgan fingerprint density at radius 3 is 2.47 bits per heavy atom. The summed E-state index contributed by atoms with van der Waals surface area (Å²) in [5, 5.41) is 11.9. The Balaban J connectivity index is 1.50. The lowest BCUT2D eigenvalue weighted by molar-refractivity contribution is -0.384. The highest BCUT2D eigenvalue weighted by atomic mass is 32.2. The summed E-state index contributed by atoms with van der Waals surface area (Å²) in [5.74, 6) is -0.882. The molecule has 6 nitrogen and oxygen atoms in total. The molecule has 0 bridgehead atoms. The Labute approximate surface area is 203 Å². The van der Waals surface area contributed by atoms with Crippen molar-refractivity contribution >= 4 is 62.6 Å². The van der Waals surface area contributed by atoms with Gasteiger partial charge in [-0.15, -0.1) is 0 Å². The van der Waals surface area contributed by atoms with Gasteiger partial charge in [-0.1, -0.05) is 66.4 Å². The standard InChI is InChI=1S/C25H16FN3O3S2/c26-20-6-2-4-8-22(20)28-24(30)23(34-25(28)33)13-17-15-27(21-7-3-1-5-19(17)21)14-16-9-11-18(12-10-16)29(31)32/h1-13,15H,14H2/b23-13+. The van der Waals surface area contributed by atoms with Gasteiger partial charge in [0.25, 0.3) is 11.6 Å². The summed E-state index contributed by atoms with van der Waals surface area (Å²) >= 11 is 6.51. The van der Waals surface area contributed by atoms with E-state index in [1.54, 1.807) is 30.3 Å². The molecule has 0 atom stereocenters. The fraction of sp³-hybridized carbons (Fsp3) is 0.0400. The maximum absolute atomic E-state index is 14.3. The third-order valence-electron chi connectivity index (χ3n) is 5.49. The molecule has 1 aromatic heterocycles. The van der Waals surface area contributed by atoms with Crippen LogP contribution in [-0.2, 0) is 11.3 Å². The van der Waals surface area contributed by atoms with E-state index < -0.39 is 10.7 Å². The van der Waals surface area contributed by atoms with Crippen LogP contribution in [0.3, 0.4) is 0 Å². The zero-order valence-electron chi connectivity index (χ0n) is 17.6. The van der Waals surface area contributed by atoms with Crippen molar-refractivity contribution in [1.82, 2.24) is 4.57 Å². The van der Waals surface area contributed by atoms with Crippen molar-refractivity contribution in [3.05, 3.63) is 111 Å². The molecule has 0 aliphatic carbocycles. The van der Waals surface area contributed by atoms with E-state index in [1.807, 2.05) is 35.0 Å². The number of aromatic nitrogens is 1. The van der Waals surface area contributed by atoms with Gasteiger partial charge in [-0.25, -0.2) is 4.39 Å². The Bertz CT molecular complexity index is 1500. The number of rotatable bonds is 5. The number of nitro groups is 1. The number of non-ortho nitro benzene ring substituents is 1. The molecule has 5 rings (SSSR count). The van der Waals surface area contributed by atoms with Crippen molar-refractivity contribution in [1.29, 1.82) is 0 Å². The number of benzene rings is 3. The molecule has 168 valence electrons. The predicted molar refractivity (Wildman–Crippen MR) is 136 cm³/mol. The average molecular weight is 490 g/mol. The lowest BCUT2D eigenvalue weighted by Crippen LogP contribution is -2.28. The maximum Gasteiger partial charge on any atom is 0.270 e. The molecule has 0 N–H and O–H groups in total. The quantitative estimate of drug-likeness (QED) is 0.146. The van der Waals surface area contributed by atoms with Gasteiger partial charge in [0.2, 0.25) is 0 Å². The summed E-state index contributed by atoms with van der Waals surface area (Å²) in [5.41, 5.74) is 2.86. The molecule has 0 saturated carbocycles. The molecule has 2 heterocycles. The van der Waals surface area contributed by atoms with Crippen molar-refractivity contribution in [2.75, 3.05) is 4.90 Å². The topological polar surface area (TPSA) is 68.4 Å². The minimum Gasteiger partial charge on any atom is -0.342 e. The molecule has 3 aromatic carbocycles. The zero-order valence-corrected chi connectivity index (χ0v) is 19.2. The van der Waals surface area contributed by atoms with Gasteiger partial charge in [0.1, 0.15) is 5.82 Å². The molecule has 0 spiro atoms. The van der Waals surface area contributed by atoms with Crippen molar-refractivity contribution in [3.8, 4) is 0 Å². The molecule has 0 radical (unpaired) electrons. The molecule has 1 fully saturated rings. The Kier molecular flexibility index (Phi) is 5.72. The first kappa shape index (κ1) is 22.0. The van der Waals surface area contributed by atoms with E-state index in [2.05, 4.69) is 0 Å². The van der Waals surface area contributed by atoms with Crippen LogP contribution in [0.2, 0.25) is 0 Å². The van der Waals surface area contributed by atoms with Crippen LogP contribution in [0, 0.1) is 15.9 Å². The number of anilines is 1. The highest BCUT2D eigenvalue weighted by molar-refractivity contribution is 8.27. The van der Waals surface area contributed by atoms with Gasteiger partial charge in [0, 0.05) is 41.3 Å². The van der Waals surface area contributed by atoms with Gasteiger partial charge in [0.15, 0.2) is 4.32 Å². The summed E-state index contributed by atoms with van der Waals surface area (Å²) in [6, 6.07) is 20.2. The number of para-hydroxylation sites is 2. The largest absolute Gasteiger partial charge is 0.342 e.